The number of amides is 1. The average molecular weight is 220 g/mol. The van der Waals surface area contributed by atoms with Crippen LogP contribution in [0.4, 0.5) is 0 Å². The minimum Gasteiger partial charge on any atom is -0.339 e. The zero-order valence-electron chi connectivity index (χ0n) is 7.01. The van der Waals surface area contributed by atoms with Gasteiger partial charge in [-0.15, -0.1) is 0 Å². The third kappa shape index (κ3) is 1.95. The molecule has 1 aliphatic rings. The number of nitrogens with zero attached hydrogens (tertiary/aromatic N) is 1. The van der Waals surface area contributed by atoms with Gasteiger partial charge in [0.05, 0.1) is 4.83 Å². The van der Waals surface area contributed by atoms with E-state index in [1.165, 1.54) is 0 Å². The van der Waals surface area contributed by atoms with Crippen molar-refractivity contribution in [2.75, 3.05) is 6.54 Å². The molecule has 64 valence electrons. The first-order chi connectivity index (χ1) is 5.13. The second-order valence-corrected chi connectivity index (χ2v) is 4.51. The Bertz CT molecular complexity index is 158. The summed E-state index contributed by atoms with van der Waals surface area (Å²) >= 11 is 3.29. The Morgan fingerprint density at radius 3 is 2.73 bits per heavy atom. The van der Waals surface area contributed by atoms with Gasteiger partial charge in [0.25, 0.3) is 0 Å². The van der Waals surface area contributed by atoms with Gasteiger partial charge < -0.3 is 4.90 Å². The van der Waals surface area contributed by atoms with Crippen molar-refractivity contribution in [3.05, 3.63) is 0 Å². The topological polar surface area (TPSA) is 20.3 Å². The molecular weight excluding hydrogens is 206 g/mol. The fourth-order valence-corrected chi connectivity index (χ4v) is 1.75. The summed E-state index contributed by atoms with van der Waals surface area (Å²) in [6, 6.07) is 0.447. The van der Waals surface area contributed by atoms with Gasteiger partial charge in [0, 0.05) is 12.6 Å². The molecule has 0 aromatic rings. The second-order valence-electron chi connectivity index (χ2n) is 3.14. The van der Waals surface area contributed by atoms with Crippen molar-refractivity contribution < 1.29 is 4.79 Å². The van der Waals surface area contributed by atoms with E-state index in [9.17, 15) is 4.79 Å². The largest absolute Gasteiger partial charge is 0.339 e. The molecule has 2 nitrogen and oxygen atoms in total. The zero-order valence-corrected chi connectivity index (χ0v) is 8.60. The van der Waals surface area contributed by atoms with Gasteiger partial charge >= 0.3 is 0 Å². The van der Waals surface area contributed by atoms with Crippen molar-refractivity contribution in [3.63, 3.8) is 0 Å². The van der Waals surface area contributed by atoms with Crippen LogP contribution in [0, 0.1) is 0 Å². The Morgan fingerprint density at radius 1 is 1.73 bits per heavy atom. The first-order valence-electron chi connectivity index (χ1n) is 4.07. The maximum absolute atomic E-state index is 11.4. The Kier molecular flexibility index (Phi) is 2.93. The lowest BCUT2D eigenvalue weighted by molar-refractivity contribution is -0.130. The Morgan fingerprint density at radius 2 is 2.36 bits per heavy atom. The third-order valence-electron chi connectivity index (χ3n) is 2.18. The molecule has 0 aromatic carbocycles. The number of hydrogen-bond donors (Lipinski definition) is 0. The lowest BCUT2D eigenvalue weighted by Gasteiger charge is -2.22. The number of alkyl halides is 1. The van der Waals surface area contributed by atoms with Crippen LogP contribution in [0.15, 0.2) is 0 Å². The molecule has 11 heavy (non-hydrogen) atoms. The molecule has 1 fully saturated rings. The van der Waals surface area contributed by atoms with E-state index in [1.807, 2.05) is 11.8 Å². The van der Waals surface area contributed by atoms with E-state index in [4.69, 9.17) is 0 Å². The highest BCUT2D eigenvalue weighted by molar-refractivity contribution is 9.10. The van der Waals surface area contributed by atoms with Gasteiger partial charge in [0.15, 0.2) is 0 Å². The predicted molar refractivity (Wildman–Crippen MR) is 48.8 cm³/mol. The molecule has 3 heteroatoms. The molecule has 2 unspecified atom stereocenters. The SMILES string of the molecule is CC(Br)C(=O)N1CCCC1C. The molecule has 1 heterocycles. The van der Waals surface area contributed by atoms with E-state index in [2.05, 4.69) is 22.9 Å². The molecule has 0 N–H and O–H groups in total. The van der Waals surface area contributed by atoms with Gasteiger partial charge in [0.1, 0.15) is 0 Å². The summed E-state index contributed by atoms with van der Waals surface area (Å²) in [6.07, 6.45) is 2.32. The van der Waals surface area contributed by atoms with Gasteiger partial charge in [0.2, 0.25) is 5.91 Å². The molecule has 1 aliphatic heterocycles. The molecule has 0 radical (unpaired) electrons. The Labute approximate surface area is 76.1 Å². The van der Waals surface area contributed by atoms with Gasteiger partial charge in [-0.3, -0.25) is 4.79 Å². The monoisotopic (exact) mass is 219 g/mol. The smallest absolute Gasteiger partial charge is 0.236 e. The maximum Gasteiger partial charge on any atom is 0.236 e. The molecule has 0 aromatic heterocycles. The fraction of sp³-hybridized carbons (Fsp3) is 0.875. The van der Waals surface area contributed by atoms with Crippen LogP contribution in [0.25, 0.3) is 0 Å². The van der Waals surface area contributed by atoms with Crippen LogP contribution >= 0.6 is 15.9 Å². The van der Waals surface area contributed by atoms with Crippen molar-refractivity contribution in [2.45, 2.75) is 37.6 Å². The number of likely N-dealkylation sites (tertiary alicyclic amines) is 1. The summed E-state index contributed by atoms with van der Waals surface area (Å²) in [5, 5.41) is 0. The zero-order chi connectivity index (χ0) is 8.43. The van der Waals surface area contributed by atoms with Gasteiger partial charge in [-0.2, -0.15) is 0 Å². The standard InChI is InChI=1S/C8H14BrNO/c1-6-4-3-5-10(6)8(11)7(2)9/h6-7H,3-5H2,1-2H3. The summed E-state index contributed by atoms with van der Waals surface area (Å²) in [6.45, 7) is 4.93. The van der Waals surface area contributed by atoms with E-state index < -0.39 is 0 Å². The average Bonchev–Trinajstić information content (AvgIpc) is 2.33. The molecule has 1 amide bonds. The van der Waals surface area contributed by atoms with E-state index >= 15 is 0 Å². The van der Waals surface area contributed by atoms with Crippen LogP contribution in [0.3, 0.4) is 0 Å². The molecule has 0 aliphatic carbocycles. The Balaban J connectivity index is 2.53. The van der Waals surface area contributed by atoms with Crippen LogP contribution < -0.4 is 0 Å². The highest BCUT2D eigenvalue weighted by Crippen LogP contribution is 2.18. The number of carbonyl (C=O) groups is 1. The molecule has 1 rings (SSSR count). The van der Waals surface area contributed by atoms with E-state index in [1.54, 1.807) is 0 Å². The van der Waals surface area contributed by atoms with Crippen LogP contribution in [-0.2, 0) is 4.79 Å². The van der Waals surface area contributed by atoms with Crippen molar-refractivity contribution in [1.82, 2.24) is 4.90 Å². The minimum atomic E-state index is -0.0250. The van der Waals surface area contributed by atoms with Crippen molar-refractivity contribution >= 4 is 21.8 Å². The first kappa shape index (κ1) is 9.04. The Hall–Kier alpha value is -0.0500. The predicted octanol–water partition coefficient (Wildman–Crippen LogP) is 1.78. The summed E-state index contributed by atoms with van der Waals surface area (Å²) in [4.78, 5) is 13.4. The summed E-state index contributed by atoms with van der Waals surface area (Å²) in [5.41, 5.74) is 0. The number of rotatable bonds is 1. The highest BCUT2D eigenvalue weighted by Gasteiger charge is 2.26. The molecule has 0 saturated carbocycles. The number of hydrogen-bond acceptors (Lipinski definition) is 1. The quantitative estimate of drug-likeness (QED) is 0.617. The van der Waals surface area contributed by atoms with Gasteiger partial charge in [-0.25, -0.2) is 0 Å². The molecule has 0 bridgehead atoms. The van der Waals surface area contributed by atoms with Gasteiger partial charge in [-0.05, 0) is 26.7 Å². The molecule has 2 atom stereocenters. The van der Waals surface area contributed by atoms with Crippen molar-refractivity contribution in [2.24, 2.45) is 0 Å². The second kappa shape index (κ2) is 3.57. The normalized spacial score (nSPS) is 27.2. The van der Waals surface area contributed by atoms with E-state index in [0.29, 0.717) is 6.04 Å². The summed E-state index contributed by atoms with van der Waals surface area (Å²) in [5.74, 6) is 0.231. The molecular formula is C8H14BrNO. The third-order valence-corrected chi connectivity index (χ3v) is 2.57. The van der Waals surface area contributed by atoms with Crippen molar-refractivity contribution in [3.8, 4) is 0 Å². The van der Waals surface area contributed by atoms with E-state index in [-0.39, 0.29) is 10.7 Å². The van der Waals surface area contributed by atoms with Crippen LogP contribution in [0.2, 0.25) is 0 Å². The van der Waals surface area contributed by atoms with E-state index in [0.717, 1.165) is 19.4 Å². The number of carbonyl (C=O) groups excluding carboxylic acids is 1. The van der Waals surface area contributed by atoms with Crippen LogP contribution in [0.5, 0.6) is 0 Å². The number of halogens is 1. The molecule has 0 spiro atoms. The van der Waals surface area contributed by atoms with Gasteiger partial charge in [-0.1, -0.05) is 15.9 Å². The first-order valence-corrected chi connectivity index (χ1v) is 4.99. The lowest BCUT2D eigenvalue weighted by Crippen LogP contribution is -2.37. The minimum absolute atomic E-state index is 0.0250. The lowest BCUT2D eigenvalue weighted by atomic mass is 10.2. The molecule has 1 saturated heterocycles. The summed E-state index contributed by atoms with van der Waals surface area (Å²) in [7, 11) is 0. The highest BCUT2D eigenvalue weighted by atomic mass is 79.9. The summed E-state index contributed by atoms with van der Waals surface area (Å²) < 4.78 is 0. The van der Waals surface area contributed by atoms with Crippen molar-refractivity contribution in [1.29, 1.82) is 0 Å². The maximum atomic E-state index is 11.4. The fourth-order valence-electron chi connectivity index (χ4n) is 1.49. The van der Waals surface area contributed by atoms with Crippen LogP contribution in [-0.4, -0.2) is 28.2 Å². The van der Waals surface area contributed by atoms with Crippen LogP contribution in [0.1, 0.15) is 26.7 Å².